The predicted molar refractivity (Wildman–Crippen MR) is 123 cm³/mol. The summed E-state index contributed by atoms with van der Waals surface area (Å²) in [6, 6.07) is 0. The van der Waals surface area contributed by atoms with Crippen LogP contribution < -0.4 is 0 Å². The summed E-state index contributed by atoms with van der Waals surface area (Å²) in [5.41, 5.74) is 1.41. The Morgan fingerprint density at radius 3 is 1.04 bits per heavy atom. The van der Waals surface area contributed by atoms with Crippen molar-refractivity contribution in [3.8, 4) is 0 Å². The van der Waals surface area contributed by atoms with Crippen molar-refractivity contribution in [1.29, 1.82) is 0 Å². The first-order chi connectivity index (χ1) is 12.3. The fourth-order valence-corrected chi connectivity index (χ4v) is 4.34. The van der Waals surface area contributed by atoms with E-state index in [1.807, 2.05) is 0 Å². The van der Waals surface area contributed by atoms with Gasteiger partial charge in [-0.2, -0.15) is 0 Å². The summed E-state index contributed by atoms with van der Waals surface area (Å²) in [6.07, 6.45) is 11.6. The zero-order chi connectivity index (χ0) is 20.7. The number of hydrogen-bond donors (Lipinski definition) is 0. The maximum Gasteiger partial charge on any atom is 0.0125 e. The summed E-state index contributed by atoms with van der Waals surface area (Å²) in [6.45, 7) is 26.0. The van der Waals surface area contributed by atoms with Crippen LogP contribution in [-0.2, 0) is 0 Å². The maximum absolute atomic E-state index is 2.55. The largest absolute Gasteiger partial charge is 0.298 e. The molecule has 2 heteroatoms. The second-order valence-corrected chi connectivity index (χ2v) is 12.1. The molecule has 2 saturated heterocycles. The van der Waals surface area contributed by atoms with Gasteiger partial charge >= 0.3 is 0 Å². The Bertz CT molecular complexity index is 378. The van der Waals surface area contributed by atoms with Crippen LogP contribution in [0.25, 0.3) is 0 Å². The molecule has 1 aliphatic carbocycles. The quantitative estimate of drug-likeness (QED) is 0.447. The van der Waals surface area contributed by atoms with Crippen molar-refractivity contribution in [2.24, 2.45) is 11.3 Å². The average molecular weight is 381 g/mol. The second-order valence-electron chi connectivity index (χ2n) is 12.1. The molecule has 2 aliphatic heterocycles. The second kappa shape index (κ2) is 10.6. The molecule has 0 unspecified atom stereocenters. The number of rotatable bonds is 0. The summed E-state index contributed by atoms with van der Waals surface area (Å²) in [5.74, 6) is 1.00. The first-order valence-corrected chi connectivity index (χ1v) is 11.8. The van der Waals surface area contributed by atoms with Crippen LogP contribution in [0.1, 0.15) is 114 Å². The third-order valence-electron chi connectivity index (χ3n) is 6.69. The Balaban J connectivity index is 0.000000204. The third kappa shape index (κ3) is 9.79. The molecule has 27 heavy (non-hydrogen) atoms. The SMILES string of the molecule is CC(C)(C)C1CCCCC1.CC(C)(C)N1CCC1.CC(C)(C)N1CCCC1. The average Bonchev–Trinajstić information content (AvgIpc) is 2.99. The van der Waals surface area contributed by atoms with Crippen LogP contribution in [0.3, 0.4) is 0 Å². The highest BCUT2D eigenvalue weighted by Crippen LogP contribution is 2.37. The Hall–Kier alpha value is -0.0800. The zero-order valence-electron chi connectivity index (χ0n) is 20.5. The highest BCUT2D eigenvalue weighted by atomic mass is 15.2. The van der Waals surface area contributed by atoms with Gasteiger partial charge in [-0.1, -0.05) is 40.0 Å². The smallest absolute Gasteiger partial charge is 0.0125 e. The summed E-state index contributed by atoms with van der Waals surface area (Å²) in [5, 5.41) is 0. The van der Waals surface area contributed by atoms with Gasteiger partial charge in [0, 0.05) is 11.1 Å². The summed E-state index contributed by atoms with van der Waals surface area (Å²) >= 11 is 0. The third-order valence-corrected chi connectivity index (χ3v) is 6.69. The van der Waals surface area contributed by atoms with E-state index in [4.69, 9.17) is 0 Å². The fourth-order valence-electron chi connectivity index (χ4n) is 4.34. The minimum absolute atomic E-state index is 0.413. The molecule has 0 atom stereocenters. The van der Waals surface area contributed by atoms with Gasteiger partial charge in [0.1, 0.15) is 0 Å². The van der Waals surface area contributed by atoms with Gasteiger partial charge in [0.15, 0.2) is 0 Å². The van der Waals surface area contributed by atoms with Crippen molar-refractivity contribution in [2.45, 2.75) is 125 Å². The molecular weight excluding hydrogens is 328 g/mol. The summed E-state index contributed by atoms with van der Waals surface area (Å²) < 4.78 is 0. The molecule has 0 aromatic rings. The molecule has 0 N–H and O–H groups in total. The number of likely N-dealkylation sites (tertiary alicyclic amines) is 2. The lowest BCUT2D eigenvalue weighted by Crippen LogP contribution is -2.49. The van der Waals surface area contributed by atoms with E-state index in [-0.39, 0.29) is 0 Å². The van der Waals surface area contributed by atoms with Crippen LogP contribution in [0, 0.1) is 11.3 Å². The van der Waals surface area contributed by atoms with E-state index in [9.17, 15) is 0 Å². The summed E-state index contributed by atoms with van der Waals surface area (Å²) in [4.78, 5) is 5.04. The molecule has 0 aromatic heterocycles. The van der Waals surface area contributed by atoms with Crippen LogP contribution in [0.2, 0.25) is 0 Å². The molecule has 3 aliphatic rings. The molecule has 0 aromatic carbocycles. The van der Waals surface area contributed by atoms with Crippen molar-refractivity contribution in [3.63, 3.8) is 0 Å². The van der Waals surface area contributed by atoms with Crippen LogP contribution in [0.15, 0.2) is 0 Å². The van der Waals surface area contributed by atoms with Gasteiger partial charge in [0.2, 0.25) is 0 Å². The van der Waals surface area contributed by atoms with Crippen LogP contribution >= 0.6 is 0 Å². The van der Waals surface area contributed by atoms with Crippen LogP contribution in [-0.4, -0.2) is 47.1 Å². The molecular formula is C25H52N2. The van der Waals surface area contributed by atoms with Crippen molar-refractivity contribution in [3.05, 3.63) is 0 Å². The van der Waals surface area contributed by atoms with Gasteiger partial charge < -0.3 is 0 Å². The molecule has 3 fully saturated rings. The minimum Gasteiger partial charge on any atom is -0.298 e. The van der Waals surface area contributed by atoms with Gasteiger partial charge in [-0.3, -0.25) is 9.80 Å². The van der Waals surface area contributed by atoms with Gasteiger partial charge in [0.05, 0.1) is 0 Å². The van der Waals surface area contributed by atoms with E-state index in [0.29, 0.717) is 16.5 Å². The molecule has 0 bridgehead atoms. The number of hydrogen-bond acceptors (Lipinski definition) is 2. The van der Waals surface area contributed by atoms with E-state index < -0.39 is 0 Å². The molecule has 3 rings (SSSR count). The van der Waals surface area contributed by atoms with E-state index in [1.54, 1.807) is 0 Å². The lowest BCUT2D eigenvalue weighted by atomic mass is 9.72. The lowest BCUT2D eigenvalue weighted by Gasteiger charge is -2.42. The van der Waals surface area contributed by atoms with Crippen molar-refractivity contribution in [1.82, 2.24) is 9.80 Å². The fraction of sp³-hybridized carbons (Fsp3) is 1.00. The predicted octanol–water partition coefficient (Wildman–Crippen LogP) is 6.98. The van der Waals surface area contributed by atoms with Crippen molar-refractivity contribution >= 4 is 0 Å². The minimum atomic E-state index is 0.413. The van der Waals surface area contributed by atoms with E-state index in [2.05, 4.69) is 72.1 Å². The molecule has 0 amide bonds. The molecule has 1 saturated carbocycles. The summed E-state index contributed by atoms with van der Waals surface area (Å²) in [7, 11) is 0. The molecule has 0 radical (unpaired) electrons. The van der Waals surface area contributed by atoms with E-state index in [1.165, 1.54) is 77.5 Å². The van der Waals surface area contributed by atoms with Gasteiger partial charge in [-0.15, -0.1) is 0 Å². The van der Waals surface area contributed by atoms with Crippen LogP contribution in [0.4, 0.5) is 0 Å². The molecule has 2 heterocycles. The van der Waals surface area contributed by atoms with Crippen molar-refractivity contribution < 1.29 is 0 Å². The first-order valence-electron chi connectivity index (χ1n) is 11.8. The Labute approximate surface area is 172 Å². The Kier molecular flexibility index (Phi) is 9.82. The normalized spacial score (nSPS) is 23.0. The van der Waals surface area contributed by atoms with Gasteiger partial charge in [-0.05, 0) is 111 Å². The standard InChI is InChI=1S/C10H20.C8H17N.C7H15N/c1-10(2,3)9-7-5-4-6-8-9;1-8(2,3)9-6-4-5-7-9;1-7(2,3)8-5-4-6-8/h9H,4-8H2,1-3H3;4-7H2,1-3H3;4-6H2,1-3H3. The number of nitrogens with zero attached hydrogens (tertiary/aromatic N) is 2. The van der Waals surface area contributed by atoms with Gasteiger partial charge in [-0.25, -0.2) is 0 Å². The van der Waals surface area contributed by atoms with E-state index >= 15 is 0 Å². The molecule has 2 nitrogen and oxygen atoms in total. The van der Waals surface area contributed by atoms with Gasteiger partial charge in [0.25, 0.3) is 0 Å². The first kappa shape index (κ1) is 25.0. The highest BCUT2D eigenvalue weighted by Gasteiger charge is 2.26. The zero-order valence-corrected chi connectivity index (χ0v) is 20.5. The van der Waals surface area contributed by atoms with E-state index in [0.717, 1.165) is 5.92 Å². The molecule has 162 valence electrons. The Morgan fingerprint density at radius 1 is 0.481 bits per heavy atom. The van der Waals surface area contributed by atoms with Crippen molar-refractivity contribution in [2.75, 3.05) is 26.2 Å². The lowest BCUT2D eigenvalue weighted by molar-refractivity contribution is 0.0690. The Morgan fingerprint density at radius 2 is 0.852 bits per heavy atom. The highest BCUT2D eigenvalue weighted by molar-refractivity contribution is 4.82. The maximum atomic E-state index is 2.55. The monoisotopic (exact) mass is 380 g/mol. The molecule has 0 spiro atoms. The topological polar surface area (TPSA) is 6.48 Å². The van der Waals surface area contributed by atoms with Crippen LogP contribution in [0.5, 0.6) is 0 Å².